The van der Waals surface area contributed by atoms with Gasteiger partial charge in [0.25, 0.3) is 5.91 Å². The number of hydrogen-bond acceptors (Lipinski definition) is 6. The fourth-order valence-electron chi connectivity index (χ4n) is 2.47. The van der Waals surface area contributed by atoms with Gasteiger partial charge in [0.2, 0.25) is 15.9 Å². The molecule has 9 heteroatoms. The predicted molar refractivity (Wildman–Crippen MR) is 103 cm³/mol. The molecule has 2 aromatic rings. The molecule has 1 aromatic heterocycles. The number of benzene rings is 1. The molecular formula is C17H19N3O4S2. The number of carbonyl (C=O) groups is 1. The fourth-order valence-corrected chi connectivity index (χ4v) is 4.12. The highest BCUT2D eigenvalue weighted by atomic mass is 32.2. The number of ether oxygens (including phenoxy) is 1. The molecule has 0 bridgehead atoms. The van der Waals surface area contributed by atoms with E-state index in [-0.39, 0.29) is 12.0 Å². The van der Waals surface area contributed by atoms with Crippen LogP contribution in [0.1, 0.15) is 16.8 Å². The van der Waals surface area contributed by atoms with Gasteiger partial charge in [0.05, 0.1) is 11.9 Å². The van der Waals surface area contributed by atoms with Crippen LogP contribution < -0.4 is 14.8 Å². The molecule has 2 heterocycles. The summed E-state index contributed by atoms with van der Waals surface area (Å²) >= 11 is 1.84. The van der Waals surface area contributed by atoms with Crippen molar-refractivity contribution in [3.63, 3.8) is 0 Å². The molecule has 1 fully saturated rings. The summed E-state index contributed by atoms with van der Waals surface area (Å²) in [7, 11) is -3.38. The number of carbonyl (C=O) groups excluding carboxylic acids is 1. The third-order valence-electron chi connectivity index (χ3n) is 3.60. The number of thioether (sulfide) groups is 1. The molecule has 7 nitrogen and oxygen atoms in total. The van der Waals surface area contributed by atoms with Gasteiger partial charge in [-0.05, 0) is 36.4 Å². The van der Waals surface area contributed by atoms with Crippen molar-refractivity contribution in [3.8, 4) is 5.88 Å². The van der Waals surface area contributed by atoms with Gasteiger partial charge in [0.15, 0.2) is 0 Å². The van der Waals surface area contributed by atoms with Crippen molar-refractivity contribution in [2.45, 2.75) is 12.5 Å². The van der Waals surface area contributed by atoms with Gasteiger partial charge < -0.3 is 10.1 Å². The van der Waals surface area contributed by atoms with Gasteiger partial charge in [-0.25, -0.2) is 13.4 Å². The van der Waals surface area contributed by atoms with Gasteiger partial charge in [0, 0.05) is 29.3 Å². The van der Waals surface area contributed by atoms with Crippen LogP contribution >= 0.6 is 11.8 Å². The lowest BCUT2D eigenvalue weighted by atomic mass is 10.2. The topological polar surface area (TPSA) is 97.4 Å². The van der Waals surface area contributed by atoms with E-state index < -0.39 is 10.0 Å². The molecule has 0 aliphatic carbocycles. The van der Waals surface area contributed by atoms with Crippen molar-refractivity contribution < 1.29 is 17.9 Å². The van der Waals surface area contributed by atoms with Crippen molar-refractivity contribution in [2.24, 2.45) is 0 Å². The van der Waals surface area contributed by atoms with Gasteiger partial charge in [0.1, 0.15) is 6.10 Å². The molecule has 1 aliphatic rings. The number of pyridine rings is 1. The van der Waals surface area contributed by atoms with Crippen LogP contribution in [0.15, 0.2) is 42.6 Å². The fraction of sp³-hybridized carbons (Fsp3) is 0.294. The largest absolute Gasteiger partial charge is 0.473 e. The molecule has 2 N–H and O–H groups in total. The number of nitrogens with one attached hydrogen (secondary N) is 2. The first-order chi connectivity index (χ1) is 12.4. The van der Waals surface area contributed by atoms with Crippen LogP contribution in [0, 0.1) is 0 Å². The maximum Gasteiger partial charge on any atom is 0.255 e. The first-order valence-corrected chi connectivity index (χ1v) is 11.0. The van der Waals surface area contributed by atoms with E-state index in [2.05, 4.69) is 15.0 Å². The Morgan fingerprint density at radius 1 is 1.27 bits per heavy atom. The van der Waals surface area contributed by atoms with Crippen molar-refractivity contribution >= 4 is 39.1 Å². The lowest BCUT2D eigenvalue weighted by Gasteiger charge is -2.12. The highest BCUT2D eigenvalue weighted by Crippen LogP contribution is 2.23. The van der Waals surface area contributed by atoms with Crippen molar-refractivity contribution in [3.05, 3.63) is 48.2 Å². The van der Waals surface area contributed by atoms with Crippen molar-refractivity contribution in [1.29, 1.82) is 0 Å². The van der Waals surface area contributed by atoms with Crippen LogP contribution in [0.5, 0.6) is 5.88 Å². The van der Waals surface area contributed by atoms with E-state index in [4.69, 9.17) is 4.74 Å². The molecule has 138 valence electrons. The molecule has 1 unspecified atom stereocenters. The highest BCUT2D eigenvalue weighted by Gasteiger charge is 2.18. The monoisotopic (exact) mass is 393 g/mol. The summed E-state index contributed by atoms with van der Waals surface area (Å²) in [5.74, 6) is 2.10. The summed E-state index contributed by atoms with van der Waals surface area (Å²) in [5.41, 5.74) is 1.28. The summed E-state index contributed by atoms with van der Waals surface area (Å²) in [5, 5.41) is 2.74. The third kappa shape index (κ3) is 5.37. The Labute approximate surface area is 156 Å². The SMILES string of the molecule is CS(=O)(=O)Nc1cccc(NC(=O)c2ccnc(OC3CCSC3)c2)c1. The van der Waals surface area contributed by atoms with Gasteiger partial charge >= 0.3 is 0 Å². The zero-order valence-electron chi connectivity index (χ0n) is 14.1. The molecule has 1 saturated heterocycles. The molecule has 0 saturated carbocycles. The van der Waals surface area contributed by atoms with Gasteiger partial charge in [-0.3, -0.25) is 9.52 Å². The molecule has 0 radical (unpaired) electrons. The minimum absolute atomic E-state index is 0.129. The molecule has 1 aromatic carbocycles. The van der Waals surface area contributed by atoms with Gasteiger partial charge in [-0.2, -0.15) is 11.8 Å². The standard InChI is InChI=1S/C17H19N3O4S2/c1-26(22,23)20-14-4-2-3-13(10-14)19-17(21)12-5-7-18-16(9-12)24-15-6-8-25-11-15/h2-5,7,9-10,15,20H,6,8,11H2,1H3,(H,19,21). The summed E-state index contributed by atoms with van der Waals surface area (Å²) in [6.07, 6.45) is 3.71. The van der Waals surface area contributed by atoms with Gasteiger partial charge in [-0.15, -0.1) is 0 Å². The zero-order valence-corrected chi connectivity index (χ0v) is 15.8. The number of rotatable bonds is 6. The molecule has 1 amide bonds. The molecule has 0 spiro atoms. The summed E-state index contributed by atoms with van der Waals surface area (Å²) in [4.78, 5) is 16.6. The van der Waals surface area contributed by atoms with E-state index in [1.807, 2.05) is 11.8 Å². The van der Waals surface area contributed by atoms with E-state index >= 15 is 0 Å². The Balaban J connectivity index is 1.69. The van der Waals surface area contributed by atoms with E-state index in [9.17, 15) is 13.2 Å². The molecule has 26 heavy (non-hydrogen) atoms. The van der Waals surface area contributed by atoms with E-state index in [0.29, 0.717) is 22.8 Å². The first-order valence-electron chi connectivity index (χ1n) is 7.99. The smallest absolute Gasteiger partial charge is 0.255 e. The van der Waals surface area contributed by atoms with Crippen LogP contribution in [-0.2, 0) is 10.0 Å². The number of aromatic nitrogens is 1. The summed E-state index contributed by atoms with van der Waals surface area (Å²) in [6, 6.07) is 9.70. The van der Waals surface area contributed by atoms with Crippen LogP contribution in [0.4, 0.5) is 11.4 Å². The number of anilines is 2. The molecule has 3 rings (SSSR count). The number of amides is 1. The second kappa shape index (κ2) is 7.96. The Morgan fingerprint density at radius 3 is 2.81 bits per heavy atom. The third-order valence-corrected chi connectivity index (χ3v) is 5.33. The Hall–Kier alpha value is -2.26. The lowest BCUT2D eigenvalue weighted by Crippen LogP contribution is -2.17. The van der Waals surface area contributed by atoms with E-state index in [0.717, 1.165) is 24.2 Å². The van der Waals surface area contributed by atoms with Crippen LogP contribution in [0.3, 0.4) is 0 Å². The highest BCUT2D eigenvalue weighted by molar-refractivity contribution is 7.99. The molecule has 1 atom stereocenters. The number of sulfonamides is 1. The predicted octanol–water partition coefficient (Wildman–Crippen LogP) is 2.59. The van der Waals surface area contributed by atoms with Crippen molar-refractivity contribution in [1.82, 2.24) is 4.98 Å². The summed E-state index contributed by atoms with van der Waals surface area (Å²) < 4.78 is 30.8. The van der Waals surface area contributed by atoms with Gasteiger partial charge in [-0.1, -0.05) is 6.07 Å². The molecule has 1 aliphatic heterocycles. The van der Waals surface area contributed by atoms with Crippen molar-refractivity contribution in [2.75, 3.05) is 27.8 Å². The number of nitrogens with zero attached hydrogens (tertiary/aromatic N) is 1. The maximum atomic E-state index is 12.5. The van der Waals surface area contributed by atoms with E-state index in [1.165, 1.54) is 6.20 Å². The zero-order chi connectivity index (χ0) is 18.6. The molecular weight excluding hydrogens is 374 g/mol. The number of hydrogen-bond donors (Lipinski definition) is 2. The van der Waals surface area contributed by atoms with E-state index in [1.54, 1.807) is 36.4 Å². The van der Waals surface area contributed by atoms with Crippen LogP contribution in [-0.4, -0.2) is 43.2 Å². The second-order valence-electron chi connectivity index (χ2n) is 5.90. The summed E-state index contributed by atoms with van der Waals surface area (Å²) in [6.45, 7) is 0. The van der Waals surface area contributed by atoms with Crippen LogP contribution in [0.2, 0.25) is 0 Å². The second-order valence-corrected chi connectivity index (χ2v) is 8.79. The quantitative estimate of drug-likeness (QED) is 0.783. The lowest BCUT2D eigenvalue weighted by molar-refractivity contribution is 0.102. The Kier molecular flexibility index (Phi) is 5.67. The van der Waals surface area contributed by atoms with Crippen LogP contribution in [0.25, 0.3) is 0 Å². The minimum atomic E-state index is -3.38. The maximum absolute atomic E-state index is 12.5. The average Bonchev–Trinajstić information content (AvgIpc) is 3.07. The normalized spacial score (nSPS) is 16.9. The minimum Gasteiger partial charge on any atom is -0.473 e. The first kappa shape index (κ1) is 18.5. The Morgan fingerprint density at radius 2 is 2.08 bits per heavy atom. The Bertz CT molecular complexity index is 896. The average molecular weight is 393 g/mol.